The Kier molecular flexibility index (Phi) is 2.97. The second-order valence-electron chi connectivity index (χ2n) is 1.36. The average Bonchev–Trinajstić information content (AvgIpc) is 1.64. The fraction of sp³-hybridized carbons (Fsp3) is 0.750. The van der Waals surface area contributed by atoms with Crippen molar-refractivity contribution in [2.75, 3.05) is 5.88 Å². The van der Waals surface area contributed by atoms with Crippen LogP contribution in [0.3, 0.4) is 0 Å². The molecule has 0 unspecified atom stereocenters. The first kappa shape index (κ1) is 8.75. The van der Waals surface area contributed by atoms with Crippen molar-refractivity contribution < 1.29 is 18.0 Å². The van der Waals surface area contributed by atoms with Crippen LogP contribution in [0.1, 0.15) is 6.42 Å². The van der Waals surface area contributed by atoms with Crippen LogP contribution in [0.5, 0.6) is 0 Å². The number of ketones is 1. The molecule has 54 valence electrons. The second-order valence-corrected chi connectivity index (χ2v) is 1.74. The molecule has 0 fully saturated rings. The van der Waals surface area contributed by atoms with Crippen molar-refractivity contribution in [1.29, 1.82) is 0 Å². The maximum atomic E-state index is 11.2. The molecule has 0 aromatic carbocycles. The van der Waals surface area contributed by atoms with Crippen molar-refractivity contribution in [3.05, 3.63) is 0 Å². The summed E-state index contributed by atoms with van der Waals surface area (Å²) in [7, 11) is 0. The summed E-state index contributed by atoms with van der Waals surface area (Å²) in [5.41, 5.74) is 0. The topological polar surface area (TPSA) is 17.1 Å². The lowest BCUT2D eigenvalue weighted by atomic mass is 10.3. The van der Waals surface area contributed by atoms with Gasteiger partial charge in [-0.3, -0.25) is 4.79 Å². The molecule has 0 aliphatic heterocycles. The average molecular weight is 161 g/mol. The van der Waals surface area contributed by atoms with E-state index >= 15 is 0 Å². The van der Waals surface area contributed by atoms with Gasteiger partial charge in [0.25, 0.3) is 0 Å². The highest BCUT2D eigenvalue weighted by atomic mass is 35.5. The van der Waals surface area contributed by atoms with Gasteiger partial charge < -0.3 is 0 Å². The van der Waals surface area contributed by atoms with Crippen LogP contribution in [0.25, 0.3) is 0 Å². The minimum Gasteiger partial charge on any atom is -0.290 e. The van der Waals surface area contributed by atoms with E-state index in [-0.39, 0.29) is 5.88 Å². The van der Waals surface area contributed by atoms with Crippen LogP contribution >= 0.6 is 11.6 Å². The lowest BCUT2D eigenvalue weighted by Gasteiger charge is -2.00. The number of halogens is 4. The highest BCUT2D eigenvalue weighted by molar-refractivity contribution is 6.19. The first-order valence-corrected chi connectivity index (χ1v) is 2.68. The molecule has 9 heavy (non-hydrogen) atoms. The molecule has 1 nitrogen and oxygen atoms in total. The van der Waals surface area contributed by atoms with Crippen molar-refractivity contribution in [3.63, 3.8) is 0 Å². The van der Waals surface area contributed by atoms with Crippen molar-refractivity contribution in [2.24, 2.45) is 0 Å². The van der Waals surface area contributed by atoms with Gasteiger partial charge in [-0.1, -0.05) is 0 Å². The number of carbonyl (C=O) groups is 1. The molecule has 0 aliphatic rings. The van der Waals surface area contributed by atoms with Crippen molar-refractivity contribution in [2.45, 2.75) is 12.6 Å². The van der Waals surface area contributed by atoms with Crippen LogP contribution < -0.4 is 0 Å². The molecule has 0 rings (SSSR count). The summed E-state index contributed by atoms with van der Waals surface area (Å²) in [5.74, 6) is -2.05. The third kappa shape index (κ3) is 3.35. The van der Waals surface area contributed by atoms with Gasteiger partial charge in [0.2, 0.25) is 5.78 Å². The summed E-state index contributed by atoms with van der Waals surface area (Å²) in [5, 5.41) is 0. The number of hydrogen-bond donors (Lipinski definition) is 0. The molecule has 0 heterocycles. The van der Waals surface area contributed by atoms with Crippen LogP contribution in [-0.4, -0.2) is 17.8 Å². The fourth-order valence-corrected chi connectivity index (χ4v) is 0.399. The number of Topliss-reactive ketones (excluding diaryl/α,β-unsaturated/α-hetero) is 1. The summed E-state index contributed by atoms with van der Waals surface area (Å²) < 4.78 is 33.7. The maximum absolute atomic E-state index is 11.2. The Balaban J connectivity index is 3.74. The molecule has 0 bridgehead atoms. The SMILES string of the molecule is O=C(CCCl)C(F)(F)F. The van der Waals surface area contributed by atoms with Crippen LogP contribution in [0.2, 0.25) is 0 Å². The zero-order valence-electron chi connectivity index (χ0n) is 4.33. The largest absolute Gasteiger partial charge is 0.450 e. The second kappa shape index (κ2) is 3.06. The zero-order valence-corrected chi connectivity index (χ0v) is 5.09. The first-order valence-electron chi connectivity index (χ1n) is 2.14. The maximum Gasteiger partial charge on any atom is 0.450 e. The third-order valence-corrected chi connectivity index (χ3v) is 0.827. The summed E-state index contributed by atoms with van der Waals surface area (Å²) in [4.78, 5) is 9.86. The lowest BCUT2D eigenvalue weighted by molar-refractivity contribution is -0.170. The van der Waals surface area contributed by atoms with Crippen LogP contribution in [0.15, 0.2) is 0 Å². The van der Waals surface area contributed by atoms with E-state index in [2.05, 4.69) is 0 Å². The molecular formula is C4H4ClF3O. The smallest absolute Gasteiger partial charge is 0.290 e. The minimum absolute atomic E-state index is 0.279. The fourth-order valence-electron chi connectivity index (χ4n) is 0.228. The molecule has 0 atom stereocenters. The standard InChI is InChI=1S/C4H4ClF3O/c5-2-1-3(9)4(6,7)8/h1-2H2. The molecule has 0 radical (unpaired) electrons. The van der Waals surface area contributed by atoms with E-state index in [4.69, 9.17) is 11.6 Å². The van der Waals surface area contributed by atoms with Crippen molar-refractivity contribution >= 4 is 17.4 Å². The lowest BCUT2D eigenvalue weighted by Crippen LogP contribution is -2.22. The molecule has 0 amide bonds. The number of rotatable bonds is 2. The molecule has 0 spiro atoms. The van der Waals surface area contributed by atoms with Gasteiger partial charge in [0.15, 0.2) is 0 Å². The Morgan fingerprint density at radius 1 is 1.44 bits per heavy atom. The normalized spacial score (nSPS) is 11.6. The first-order chi connectivity index (χ1) is 3.98. The van der Waals surface area contributed by atoms with Crippen LogP contribution in [-0.2, 0) is 4.79 Å². The van der Waals surface area contributed by atoms with E-state index in [1.807, 2.05) is 0 Å². The van der Waals surface area contributed by atoms with Crippen LogP contribution in [0.4, 0.5) is 13.2 Å². The van der Waals surface area contributed by atoms with E-state index in [1.165, 1.54) is 0 Å². The molecule has 0 aromatic heterocycles. The van der Waals surface area contributed by atoms with Crippen molar-refractivity contribution in [3.8, 4) is 0 Å². The Bertz CT molecular complexity index is 109. The van der Waals surface area contributed by atoms with Crippen molar-refractivity contribution in [1.82, 2.24) is 0 Å². The van der Waals surface area contributed by atoms with Gasteiger partial charge in [-0.15, -0.1) is 11.6 Å². The molecule has 5 heteroatoms. The third-order valence-electron chi connectivity index (χ3n) is 0.638. The van der Waals surface area contributed by atoms with E-state index in [0.717, 1.165) is 0 Å². The van der Waals surface area contributed by atoms with E-state index in [0.29, 0.717) is 0 Å². The van der Waals surface area contributed by atoms with Gasteiger partial charge in [-0.2, -0.15) is 13.2 Å². The van der Waals surface area contributed by atoms with E-state index in [9.17, 15) is 18.0 Å². The Morgan fingerprint density at radius 2 is 1.89 bits per heavy atom. The predicted molar refractivity (Wildman–Crippen MR) is 26.4 cm³/mol. The summed E-state index contributed by atoms with van der Waals surface area (Å²) >= 11 is 4.88. The number of hydrogen-bond acceptors (Lipinski definition) is 1. The molecule has 0 N–H and O–H groups in total. The highest BCUT2D eigenvalue weighted by Gasteiger charge is 2.36. The highest BCUT2D eigenvalue weighted by Crippen LogP contribution is 2.17. The Hall–Kier alpha value is -0.250. The zero-order chi connectivity index (χ0) is 7.49. The van der Waals surface area contributed by atoms with Gasteiger partial charge in [0.05, 0.1) is 0 Å². The van der Waals surface area contributed by atoms with E-state index in [1.54, 1.807) is 0 Å². The van der Waals surface area contributed by atoms with E-state index < -0.39 is 18.4 Å². The van der Waals surface area contributed by atoms with Gasteiger partial charge in [-0.05, 0) is 0 Å². The minimum atomic E-state index is -4.71. The summed E-state index contributed by atoms with van der Waals surface area (Å²) in [6.07, 6.45) is -5.35. The number of alkyl halides is 4. The van der Waals surface area contributed by atoms with Crippen LogP contribution in [0, 0.1) is 0 Å². The Labute approximate surface area is 54.8 Å². The van der Waals surface area contributed by atoms with Gasteiger partial charge in [0, 0.05) is 12.3 Å². The summed E-state index contributed by atoms with van der Waals surface area (Å²) in [6.45, 7) is 0. The van der Waals surface area contributed by atoms with Gasteiger partial charge in [-0.25, -0.2) is 0 Å². The monoisotopic (exact) mass is 160 g/mol. The van der Waals surface area contributed by atoms with Gasteiger partial charge >= 0.3 is 6.18 Å². The summed E-state index contributed by atoms with van der Waals surface area (Å²) in [6, 6.07) is 0. The molecule has 0 saturated carbocycles. The van der Waals surface area contributed by atoms with Gasteiger partial charge in [0.1, 0.15) is 0 Å². The molecular weight excluding hydrogens is 156 g/mol. The quantitative estimate of drug-likeness (QED) is 0.563. The molecule has 0 saturated heterocycles. The number of carbonyl (C=O) groups excluding carboxylic acids is 1. The molecule has 0 aliphatic carbocycles. The molecule has 0 aromatic rings. The Morgan fingerprint density at radius 3 is 2.00 bits per heavy atom. The predicted octanol–water partition coefficient (Wildman–Crippen LogP) is 1.75.